The topological polar surface area (TPSA) is 58.6 Å². The third-order valence-corrected chi connectivity index (χ3v) is 4.49. The summed E-state index contributed by atoms with van der Waals surface area (Å²) in [6.45, 7) is 5.31. The fourth-order valence-corrected chi connectivity index (χ4v) is 2.92. The van der Waals surface area contributed by atoms with Gasteiger partial charge in [-0.1, -0.05) is 43.7 Å². The molecule has 0 N–H and O–H groups in total. The van der Waals surface area contributed by atoms with Gasteiger partial charge in [-0.05, 0) is 17.5 Å². The van der Waals surface area contributed by atoms with E-state index in [2.05, 4.69) is 33.9 Å². The number of anilines is 1. The van der Waals surface area contributed by atoms with E-state index in [1.54, 1.807) is 4.90 Å². The molecule has 26 heavy (non-hydrogen) atoms. The molecule has 1 aromatic carbocycles. The van der Waals surface area contributed by atoms with E-state index < -0.39 is 0 Å². The molecule has 1 aliphatic heterocycles. The lowest BCUT2D eigenvalue weighted by Gasteiger charge is -2.34. The number of carbonyl (C=O) groups is 1. The molecule has 3 rings (SSSR count). The highest BCUT2D eigenvalue weighted by molar-refractivity contribution is 5.68. The molecular weight excluding hydrogens is 328 g/mol. The highest BCUT2D eigenvalue weighted by atomic mass is 16.6. The summed E-state index contributed by atoms with van der Waals surface area (Å²) < 4.78 is 5.27. The second-order valence-electron chi connectivity index (χ2n) is 6.50. The molecule has 0 saturated carbocycles. The van der Waals surface area contributed by atoms with Crippen LogP contribution in [-0.2, 0) is 11.2 Å². The fraction of sp³-hybridized carbons (Fsp3) is 0.450. The van der Waals surface area contributed by atoms with E-state index in [0.29, 0.717) is 19.7 Å². The minimum atomic E-state index is -0.211. The number of aromatic nitrogens is 2. The van der Waals surface area contributed by atoms with Crippen LogP contribution in [0.4, 0.5) is 10.7 Å². The molecule has 6 heteroatoms. The summed E-state index contributed by atoms with van der Waals surface area (Å²) in [5.74, 6) is 0.723. The molecule has 1 saturated heterocycles. The lowest BCUT2D eigenvalue weighted by molar-refractivity contribution is 0.0988. The van der Waals surface area contributed by atoms with Crippen LogP contribution in [0.25, 0.3) is 0 Å². The molecule has 0 radical (unpaired) electrons. The largest absolute Gasteiger partial charge is 0.449 e. The van der Waals surface area contributed by atoms with Gasteiger partial charge in [-0.15, -0.1) is 0 Å². The first kappa shape index (κ1) is 18.2. The van der Waals surface area contributed by atoms with Gasteiger partial charge in [0.1, 0.15) is 0 Å². The summed E-state index contributed by atoms with van der Waals surface area (Å²) in [4.78, 5) is 24.9. The Labute approximate surface area is 154 Å². The average Bonchev–Trinajstić information content (AvgIpc) is 2.70. The number of unbranched alkanes of at least 4 members (excludes halogenated alkanes) is 1. The number of hydrogen-bond donors (Lipinski definition) is 0. The maximum absolute atomic E-state index is 12.0. The summed E-state index contributed by atoms with van der Waals surface area (Å²) in [5, 5.41) is 0. The van der Waals surface area contributed by atoms with Gasteiger partial charge >= 0.3 is 6.09 Å². The second-order valence-corrected chi connectivity index (χ2v) is 6.50. The van der Waals surface area contributed by atoms with Crippen LogP contribution in [0.5, 0.6) is 0 Å². The predicted octanol–water partition coefficient (Wildman–Crippen LogP) is 3.13. The molecule has 0 spiro atoms. The zero-order valence-corrected chi connectivity index (χ0v) is 15.3. The molecule has 2 heterocycles. The fourth-order valence-electron chi connectivity index (χ4n) is 2.92. The molecule has 2 aromatic rings. The molecule has 1 aromatic heterocycles. The summed E-state index contributed by atoms with van der Waals surface area (Å²) >= 11 is 0. The Morgan fingerprint density at radius 1 is 1.04 bits per heavy atom. The van der Waals surface area contributed by atoms with Crippen molar-refractivity contribution >= 4 is 12.0 Å². The maximum atomic E-state index is 12.0. The van der Waals surface area contributed by atoms with Gasteiger partial charge in [-0.3, -0.25) is 0 Å². The Morgan fingerprint density at radius 2 is 1.73 bits per heavy atom. The number of rotatable bonds is 6. The van der Waals surface area contributed by atoms with E-state index >= 15 is 0 Å². The first-order valence-corrected chi connectivity index (χ1v) is 9.27. The smallest absolute Gasteiger partial charge is 0.409 e. The zero-order chi connectivity index (χ0) is 18.2. The molecule has 0 bridgehead atoms. The molecule has 1 aliphatic rings. The van der Waals surface area contributed by atoms with Gasteiger partial charge in [0.25, 0.3) is 0 Å². The van der Waals surface area contributed by atoms with Crippen molar-refractivity contribution in [3.05, 3.63) is 53.9 Å². The van der Waals surface area contributed by atoms with Crippen LogP contribution < -0.4 is 4.90 Å². The number of ether oxygens (including phenoxy) is 1. The van der Waals surface area contributed by atoms with Gasteiger partial charge in [0.2, 0.25) is 5.95 Å². The van der Waals surface area contributed by atoms with Gasteiger partial charge in [0.05, 0.1) is 6.61 Å². The first-order chi connectivity index (χ1) is 12.8. The monoisotopic (exact) mass is 354 g/mol. The minimum absolute atomic E-state index is 0.211. The summed E-state index contributed by atoms with van der Waals surface area (Å²) in [6, 6.07) is 10.3. The van der Waals surface area contributed by atoms with Crippen LogP contribution in [-0.4, -0.2) is 53.7 Å². The molecule has 1 fully saturated rings. The minimum Gasteiger partial charge on any atom is -0.449 e. The molecule has 0 atom stereocenters. The number of amides is 1. The van der Waals surface area contributed by atoms with Crippen molar-refractivity contribution in [2.45, 2.75) is 26.2 Å². The third kappa shape index (κ3) is 4.94. The zero-order valence-electron chi connectivity index (χ0n) is 15.3. The van der Waals surface area contributed by atoms with Crippen molar-refractivity contribution in [3.8, 4) is 0 Å². The Morgan fingerprint density at radius 3 is 2.38 bits per heavy atom. The lowest BCUT2D eigenvalue weighted by atomic mass is 10.1. The van der Waals surface area contributed by atoms with Crippen molar-refractivity contribution < 1.29 is 9.53 Å². The van der Waals surface area contributed by atoms with E-state index in [1.807, 2.05) is 30.6 Å². The Balaban J connectivity index is 1.49. The SMILES string of the molecule is CCCCOC(=O)N1CCN(c2ncc(Cc3ccccc3)cn2)CC1. The van der Waals surface area contributed by atoms with Gasteiger partial charge in [0, 0.05) is 45.0 Å². The van der Waals surface area contributed by atoms with Gasteiger partial charge in [0.15, 0.2) is 0 Å². The Bertz CT molecular complexity index is 683. The van der Waals surface area contributed by atoms with Crippen LogP contribution in [0.3, 0.4) is 0 Å². The highest BCUT2D eigenvalue weighted by Crippen LogP contribution is 2.13. The van der Waals surface area contributed by atoms with Gasteiger partial charge in [-0.25, -0.2) is 14.8 Å². The molecule has 138 valence electrons. The number of benzene rings is 1. The standard InChI is InChI=1S/C20H26N4O2/c1-2-3-13-26-20(25)24-11-9-23(10-12-24)19-21-15-18(16-22-19)14-17-7-5-4-6-8-17/h4-8,15-16H,2-3,9-14H2,1H3. The van der Waals surface area contributed by atoms with Crippen LogP contribution in [0.1, 0.15) is 30.9 Å². The summed E-state index contributed by atoms with van der Waals surface area (Å²) in [7, 11) is 0. The Hall–Kier alpha value is -2.63. The van der Waals surface area contributed by atoms with Crippen molar-refractivity contribution in [2.24, 2.45) is 0 Å². The highest BCUT2D eigenvalue weighted by Gasteiger charge is 2.23. The quantitative estimate of drug-likeness (QED) is 0.746. The Kier molecular flexibility index (Phi) is 6.41. The van der Waals surface area contributed by atoms with Crippen molar-refractivity contribution in [3.63, 3.8) is 0 Å². The number of nitrogens with zero attached hydrogens (tertiary/aromatic N) is 4. The molecule has 6 nitrogen and oxygen atoms in total. The van der Waals surface area contributed by atoms with E-state index in [0.717, 1.165) is 43.9 Å². The molecular formula is C20H26N4O2. The van der Waals surface area contributed by atoms with Gasteiger partial charge < -0.3 is 14.5 Å². The van der Waals surface area contributed by atoms with Crippen molar-refractivity contribution in [1.82, 2.24) is 14.9 Å². The summed E-state index contributed by atoms with van der Waals surface area (Å²) in [5.41, 5.74) is 2.34. The predicted molar refractivity (Wildman–Crippen MR) is 101 cm³/mol. The summed E-state index contributed by atoms with van der Waals surface area (Å²) in [6.07, 6.45) is 6.34. The van der Waals surface area contributed by atoms with E-state index in [1.165, 1.54) is 5.56 Å². The maximum Gasteiger partial charge on any atom is 0.409 e. The molecule has 0 aliphatic carbocycles. The van der Waals surface area contributed by atoms with Crippen LogP contribution in [0.15, 0.2) is 42.7 Å². The van der Waals surface area contributed by atoms with E-state index in [4.69, 9.17) is 4.74 Å². The van der Waals surface area contributed by atoms with Gasteiger partial charge in [-0.2, -0.15) is 0 Å². The van der Waals surface area contributed by atoms with Crippen LogP contribution >= 0.6 is 0 Å². The molecule has 1 amide bonds. The number of carbonyl (C=O) groups excluding carboxylic acids is 1. The first-order valence-electron chi connectivity index (χ1n) is 9.27. The normalized spacial score (nSPS) is 14.3. The van der Waals surface area contributed by atoms with E-state index in [-0.39, 0.29) is 6.09 Å². The van der Waals surface area contributed by atoms with E-state index in [9.17, 15) is 4.79 Å². The lowest BCUT2D eigenvalue weighted by Crippen LogP contribution is -2.49. The van der Waals surface area contributed by atoms with Crippen molar-refractivity contribution in [1.29, 1.82) is 0 Å². The number of piperazine rings is 1. The van der Waals surface area contributed by atoms with Crippen LogP contribution in [0.2, 0.25) is 0 Å². The number of hydrogen-bond acceptors (Lipinski definition) is 5. The van der Waals surface area contributed by atoms with Crippen LogP contribution in [0, 0.1) is 0 Å². The third-order valence-electron chi connectivity index (χ3n) is 4.49. The molecule has 0 unspecified atom stereocenters. The van der Waals surface area contributed by atoms with Crippen molar-refractivity contribution in [2.75, 3.05) is 37.7 Å². The second kappa shape index (κ2) is 9.17. The average molecular weight is 354 g/mol.